The van der Waals surface area contributed by atoms with E-state index in [0.29, 0.717) is 0 Å². The normalized spacial score (nSPS) is 20.1. The summed E-state index contributed by atoms with van der Waals surface area (Å²) < 4.78 is 0. The molecule has 0 bridgehead atoms. The highest BCUT2D eigenvalue weighted by molar-refractivity contribution is 5.85. The maximum Gasteiger partial charge on any atom is 0.0355 e. The first-order valence-corrected chi connectivity index (χ1v) is 6.79. The van der Waals surface area contributed by atoms with Gasteiger partial charge >= 0.3 is 0 Å². The van der Waals surface area contributed by atoms with Crippen molar-refractivity contribution in [3.63, 3.8) is 0 Å². The van der Waals surface area contributed by atoms with Crippen LogP contribution in [0.4, 0.5) is 0 Å². The number of pyridine rings is 1. The second-order valence-corrected chi connectivity index (χ2v) is 5.78. The first kappa shape index (κ1) is 11.7. The highest BCUT2D eigenvalue weighted by atomic mass is 14.7. The van der Waals surface area contributed by atoms with Crippen LogP contribution >= 0.6 is 0 Å². The van der Waals surface area contributed by atoms with Gasteiger partial charge in [-0.2, -0.15) is 0 Å². The molecule has 1 heterocycles. The number of hydrogen-bond donors (Lipinski definition) is 1. The fourth-order valence-corrected chi connectivity index (χ4v) is 3.29. The Morgan fingerprint density at radius 2 is 2.00 bits per heavy atom. The van der Waals surface area contributed by atoms with Crippen molar-refractivity contribution in [2.45, 2.75) is 38.6 Å². The lowest BCUT2D eigenvalue weighted by Gasteiger charge is -2.32. The number of benzene rings is 1. The molecule has 2 nitrogen and oxygen atoms in total. The average Bonchev–Trinajstić information content (AvgIpc) is 2.85. The molecule has 0 radical (unpaired) electrons. The van der Waals surface area contributed by atoms with Gasteiger partial charge in [-0.25, -0.2) is 0 Å². The van der Waals surface area contributed by atoms with Crippen molar-refractivity contribution in [3.05, 3.63) is 42.2 Å². The number of nitrogens with two attached hydrogens (primary N) is 1. The van der Waals surface area contributed by atoms with Crippen LogP contribution in [-0.2, 0) is 0 Å². The van der Waals surface area contributed by atoms with E-state index in [1.807, 2.05) is 12.4 Å². The fraction of sp³-hybridized carbons (Fsp3) is 0.438. The molecule has 3 rings (SSSR count). The quantitative estimate of drug-likeness (QED) is 0.866. The minimum absolute atomic E-state index is 0.131. The number of aromatic nitrogens is 1. The van der Waals surface area contributed by atoms with E-state index in [2.05, 4.69) is 36.2 Å². The minimum atomic E-state index is 0.131. The van der Waals surface area contributed by atoms with Gasteiger partial charge in [0, 0.05) is 23.8 Å². The molecule has 94 valence electrons. The van der Waals surface area contributed by atoms with E-state index < -0.39 is 0 Å². The summed E-state index contributed by atoms with van der Waals surface area (Å²) in [5.41, 5.74) is 8.12. The molecular weight excluding hydrogens is 220 g/mol. The molecule has 0 amide bonds. The van der Waals surface area contributed by atoms with Crippen molar-refractivity contribution >= 4 is 10.8 Å². The van der Waals surface area contributed by atoms with Gasteiger partial charge in [-0.1, -0.05) is 38.0 Å². The van der Waals surface area contributed by atoms with Crippen LogP contribution in [0.1, 0.15) is 44.2 Å². The van der Waals surface area contributed by atoms with Crippen LogP contribution in [0.5, 0.6) is 0 Å². The lowest BCUT2D eigenvalue weighted by atomic mass is 9.77. The Hall–Kier alpha value is -1.41. The Kier molecular flexibility index (Phi) is 2.83. The summed E-state index contributed by atoms with van der Waals surface area (Å²) in [6, 6.07) is 8.60. The molecule has 0 saturated heterocycles. The molecule has 2 N–H and O–H groups in total. The van der Waals surface area contributed by atoms with E-state index in [1.165, 1.54) is 42.0 Å². The third kappa shape index (κ3) is 1.81. The van der Waals surface area contributed by atoms with Crippen molar-refractivity contribution < 1.29 is 0 Å². The van der Waals surface area contributed by atoms with E-state index >= 15 is 0 Å². The van der Waals surface area contributed by atoms with Crippen molar-refractivity contribution in [2.24, 2.45) is 11.1 Å². The summed E-state index contributed by atoms with van der Waals surface area (Å²) in [5, 5.41) is 2.44. The third-order valence-electron chi connectivity index (χ3n) is 4.55. The van der Waals surface area contributed by atoms with Crippen molar-refractivity contribution in [1.82, 2.24) is 4.98 Å². The summed E-state index contributed by atoms with van der Waals surface area (Å²) in [6.07, 6.45) is 8.90. The highest BCUT2D eigenvalue weighted by Gasteiger charge is 2.36. The van der Waals surface area contributed by atoms with Gasteiger partial charge in [0.1, 0.15) is 0 Å². The average molecular weight is 240 g/mol. The highest BCUT2D eigenvalue weighted by Crippen LogP contribution is 2.46. The van der Waals surface area contributed by atoms with Crippen LogP contribution < -0.4 is 5.73 Å². The molecule has 18 heavy (non-hydrogen) atoms. The zero-order chi connectivity index (χ0) is 12.6. The van der Waals surface area contributed by atoms with E-state index in [0.717, 1.165) is 0 Å². The Morgan fingerprint density at radius 3 is 2.78 bits per heavy atom. The molecule has 1 unspecified atom stereocenters. The second-order valence-electron chi connectivity index (χ2n) is 5.78. The Bertz CT molecular complexity index is 551. The first-order chi connectivity index (χ1) is 8.71. The zero-order valence-corrected chi connectivity index (χ0v) is 10.9. The number of fused-ring (bicyclic) bond motifs is 1. The predicted molar refractivity (Wildman–Crippen MR) is 75.2 cm³/mol. The molecule has 0 aliphatic heterocycles. The molecule has 1 fully saturated rings. The van der Waals surface area contributed by atoms with E-state index in [4.69, 9.17) is 5.73 Å². The maximum absolute atomic E-state index is 6.58. The van der Waals surface area contributed by atoms with Crippen LogP contribution in [0.3, 0.4) is 0 Å². The summed E-state index contributed by atoms with van der Waals surface area (Å²) >= 11 is 0. The fourth-order valence-electron chi connectivity index (χ4n) is 3.29. The molecule has 1 aromatic heterocycles. The van der Waals surface area contributed by atoms with E-state index in [-0.39, 0.29) is 11.5 Å². The zero-order valence-electron chi connectivity index (χ0n) is 10.9. The maximum atomic E-state index is 6.58. The molecule has 0 spiro atoms. The number of hydrogen-bond acceptors (Lipinski definition) is 2. The van der Waals surface area contributed by atoms with Gasteiger partial charge in [0.15, 0.2) is 0 Å². The lowest BCUT2D eigenvalue weighted by Crippen LogP contribution is -2.29. The van der Waals surface area contributed by atoms with Gasteiger partial charge < -0.3 is 5.73 Å². The molecule has 1 aromatic carbocycles. The molecule has 2 heteroatoms. The lowest BCUT2D eigenvalue weighted by molar-refractivity contribution is 0.267. The third-order valence-corrected chi connectivity index (χ3v) is 4.55. The van der Waals surface area contributed by atoms with Crippen LogP contribution in [0.2, 0.25) is 0 Å². The largest absolute Gasteiger partial charge is 0.323 e. The summed E-state index contributed by atoms with van der Waals surface area (Å²) in [5.74, 6) is 0. The Morgan fingerprint density at radius 1 is 1.22 bits per heavy atom. The number of rotatable bonds is 2. The van der Waals surface area contributed by atoms with Crippen LogP contribution in [-0.4, -0.2) is 4.98 Å². The van der Waals surface area contributed by atoms with Gasteiger partial charge in [-0.15, -0.1) is 0 Å². The standard InChI is InChI=1S/C16H20N2/c1-16(8-2-3-9-16)15(17)14-6-4-5-12-11-18-10-7-13(12)14/h4-7,10-11,15H,2-3,8-9,17H2,1H3. The van der Waals surface area contributed by atoms with Crippen molar-refractivity contribution in [2.75, 3.05) is 0 Å². The Balaban J connectivity index is 2.08. The van der Waals surface area contributed by atoms with Gasteiger partial charge in [0.2, 0.25) is 0 Å². The molecule has 1 atom stereocenters. The smallest absolute Gasteiger partial charge is 0.0355 e. The minimum Gasteiger partial charge on any atom is -0.323 e. The van der Waals surface area contributed by atoms with Crippen molar-refractivity contribution in [1.29, 1.82) is 0 Å². The molecule has 1 saturated carbocycles. The molecular formula is C16H20N2. The molecule has 1 aliphatic carbocycles. The van der Waals surface area contributed by atoms with Gasteiger partial charge in [0.05, 0.1) is 0 Å². The first-order valence-electron chi connectivity index (χ1n) is 6.79. The van der Waals surface area contributed by atoms with E-state index in [1.54, 1.807) is 0 Å². The second kappa shape index (κ2) is 4.36. The summed E-state index contributed by atoms with van der Waals surface area (Å²) in [4.78, 5) is 4.19. The topological polar surface area (TPSA) is 38.9 Å². The van der Waals surface area contributed by atoms with E-state index in [9.17, 15) is 0 Å². The van der Waals surface area contributed by atoms with Crippen LogP contribution in [0, 0.1) is 5.41 Å². The SMILES string of the molecule is CC1(C(N)c2cccc3cnccc23)CCCC1. The number of nitrogens with zero attached hydrogens (tertiary/aromatic N) is 1. The predicted octanol–water partition coefficient (Wildman–Crippen LogP) is 3.81. The Labute approximate surface area is 108 Å². The van der Waals surface area contributed by atoms with Crippen molar-refractivity contribution in [3.8, 4) is 0 Å². The van der Waals surface area contributed by atoms with Crippen LogP contribution in [0.25, 0.3) is 10.8 Å². The summed E-state index contributed by atoms with van der Waals surface area (Å²) in [6.45, 7) is 2.34. The van der Waals surface area contributed by atoms with Gasteiger partial charge in [-0.05, 0) is 35.3 Å². The summed E-state index contributed by atoms with van der Waals surface area (Å²) in [7, 11) is 0. The molecule has 1 aliphatic rings. The van der Waals surface area contributed by atoms with Gasteiger partial charge in [-0.3, -0.25) is 4.98 Å². The van der Waals surface area contributed by atoms with Gasteiger partial charge in [0.25, 0.3) is 0 Å². The monoisotopic (exact) mass is 240 g/mol. The molecule has 2 aromatic rings. The van der Waals surface area contributed by atoms with Crippen LogP contribution in [0.15, 0.2) is 36.7 Å².